The summed E-state index contributed by atoms with van der Waals surface area (Å²) in [6.07, 6.45) is 0. The minimum absolute atomic E-state index is 0.00893. The van der Waals surface area contributed by atoms with Gasteiger partial charge in [-0.05, 0) is 46.2 Å². The van der Waals surface area contributed by atoms with Crippen molar-refractivity contribution in [2.45, 2.75) is 40.2 Å². The van der Waals surface area contributed by atoms with Crippen LogP contribution in [0.4, 0.5) is 10.7 Å². The van der Waals surface area contributed by atoms with Crippen molar-refractivity contribution in [1.29, 1.82) is 0 Å². The zero-order chi connectivity index (χ0) is 22.6. The number of hydrogen-bond donors (Lipinski definition) is 1. The van der Waals surface area contributed by atoms with Crippen LogP contribution >= 0.6 is 11.3 Å². The number of nitrogens with zero attached hydrogens (tertiary/aromatic N) is 1. The molecule has 0 aliphatic heterocycles. The molecule has 10 heteroatoms. The number of nitro benzene ring substituents is 1. The molecule has 0 aliphatic rings. The number of para-hydroxylation sites is 1. The molecule has 9 nitrogen and oxygen atoms in total. The molecule has 0 radical (unpaired) electrons. The van der Waals surface area contributed by atoms with Crippen molar-refractivity contribution >= 4 is 39.9 Å². The molecule has 0 spiro atoms. The molecule has 1 heterocycles. The van der Waals surface area contributed by atoms with Crippen molar-refractivity contribution in [2.24, 2.45) is 0 Å². The largest absolute Gasteiger partial charge is 0.462 e. The Hall–Kier alpha value is -3.27. The van der Waals surface area contributed by atoms with Crippen molar-refractivity contribution in [3.63, 3.8) is 0 Å². The quantitative estimate of drug-likeness (QED) is 0.407. The van der Waals surface area contributed by atoms with E-state index in [0.717, 1.165) is 11.3 Å². The first-order chi connectivity index (χ1) is 14.0. The van der Waals surface area contributed by atoms with Gasteiger partial charge in [0.15, 0.2) is 0 Å². The number of carbonyl (C=O) groups excluding carboxylic acids is 3. The van der Waals surface area contributed by atoms with Crippen molar-refractivity contribution in [2.75, 3.05) is 11.9 Å². The minimum Gasteiger partial charge on any atom is -0.462 e. The van der Waals surface area contributed by atoms with Gasteiger partial charge in [0.2, 0.25) is 0 Å². The highest BCUT2D eigenvalue weighted by Crippen LogP contribution is 2.35. The van der Waals surface area contributed by atoms with Gasteiger partial charge >= 0.3 is 11.9 Å². The summed E-state index contributed by atoms with van der Waals surface area (Å²) >= 11 is 0.849. The maximum absolute atomic E-state index is 12.7. The lowest BCUT2D eigenvalue weighted by Gasteiger charge is -2.19. The molecule has 2 rings (SSSR count). The number of anilines is 1. The third-order valence-electron chi connectivity index (χ3n) is 3.78. The fourth-order valence-electron chi connectivity index (χ4n) is 2.57. The van der Waals surface area contributed by atoms with E-state index < -0.39 is 28.4 Å². The third kappa shape index (κ3) is 5.20. The van der Waals surface area contributed by atoms with E-state index in [9.17, 15) is 24.5 Å². The van der Waals surface area contributed by atoms with Gasteiger partial charge in [-0.15, -0.1) is 11.3 Å². The summed E-state index contributed by atoms with van der Waals surface area (Å²) < 4.78 is 10.4. The Bertz CT molecular complexity index is 1010. The molecule has 1 aromatic heterocycles. The second-order valence-electron chi connectivity index (χ2n) is 7.21. The highest BCUT2D eigenvalue weighted by molar-refractivity contribution is 7.18. The smallest absolute Gasteiger partial charge is 0.349 e. The van der Waals surface area contributed by atoms with Crippen LogP contribution in [-0.4, -0.2) is 35.0 Å². The van der Waals surface area contributed by atoms with Crippen LogP contribution in [0.2, 0.25) is 0 Å². The highest BCUT2D eigenvalue weighted by Gasteiger charge is 2.30. The van der Waals surface area contributed by atoms with Gasteiger partial charge < -0.3 is 14.8 Å². The van der Waals surface area contributed by atoms with E-state index in [1.54, 1.807) is 34.6 Å². The van der Waals surface area contributed by atoms with Crippen LogP contribution in [0.25, 0.3) is 0 Å². The predicted octanol–water partition coefficient (Wildman–Crippen LogP) is 4.35. The first-order valence-electron chi connectivity index (χ1n) is 9.04. The lowest BCUT2D eigenvalue weighted by Crippen LogP contribution is -2.23. The monoisotopic (exact) mass is 434 g/mol. The van der Waals surface area contributed by atoms with Crippen molar-refractivity contribution in [3.05, 3.63) is 55.9 Å². The Morgan fingerprint density at radius 1 is 1.17 bits per heavy atom. The fraction of sp³-hybridized carbons (Fsp3) is 0.350. The van der Waals surface area contributed by atoms with Crippen molar-refractivity contribution in [1.82, 2.24) is 0 Å². The number of benzene rings is 1. The van der Waals surface area contributed by atoms with E-state index in [4.69, 9.17) is 9.47 Å². The molecule has 0 aliphatic carbocycles. The van der Waals surface area contributed by atoms with Crippen molar-refractivity contribution in [3.8, 4) is 0 Å². The number of thiophene rings is 1. The first kappa shape index (κ1) is 23.0. The van der Waals surface area contributed by atoms with E-state index in [0.29, 0.717) is 5.56 Å². The summed E-state index contributed by atoms with van der Waals surface area (Å²) in [5, 5.41) is 13.8. The lowest BCUT2D eigenvalue weighted by atomic mass is 10.1. The number of nitrogens with one attached hydrogen (secondary N) is 1. The van der Waals surface area contributed by atoms with Crippen LogP contribution in [-0.2, 0) is 9.47 Å². The minimum atomic E-state index is -0.787. The van der Waals surface area contributed by atoms with Crippen LogP contribution in [0.1, 0.15) is 63.6 Å². The van der Waals surface area contributed by atoms with E-state index >= 15 is 0 Å². The Morgan fingerprint density at radius 2 is 1.80 bits per heavy atom. The lowest BCUT2D eigenvalue weighted by molar-refractivity contribution is -0.385. The third-order valence-corrected chi connectivity index (χ3v) is 4.97. The summed E-state index contributed by atoms with van der Waals surface area (Å²) in [6.45, 7) is 8.38. The van der Waals surface area contributed by atoms with Gasteiger partial charge in [-0.25, -0.2) is 9.59 Å². The van der Waals surface area contributed by atoms with Gasteiger partial charge in [0.25, 0.3) is 11.6 Å². The van der Waals surface area contributed by atoms with Crippen LogP contribution in [0.5, 0.6) is 0 Å². The van der Waals surface area contributed by atoms with E-state index in [2.05, 4.69) is 5.32 Å². The van der Waals surface area contributed by atoms with Gasteiger partial charge in [0.05, 0.1) is 17.1 Å². The average molecular weight is 434 g/mol. The molecule has 1 aromatic carbocycles. The number of ether oxygens (including phenoxy) is 2. The van der Waals surface area contributed by atoms with Crippen LogP contribution < -0.4 is 5.32 Å². The summed E-state index contributed by atoms with van der Waals surface area (Å²) in [5.74, 6) is -2.16. The van der Waals surface area contributed by atoms with Crippen LogP contribution in [0, 0.1) is 17.0 Å². The Morgan fingerprint density at radius 3 is 2.37 bits per heavy atom. The summed E-state index contributed by atoms with van der Waals surface area (Å²) in [5.41, 5.74) is -1.01. The molecule has 0 fully saturated rings. The van der Waals surface area contributed by atoms with E-state index in [-0.39, 0.29) is 33.3 Å². The first-order valence-corrected chi connectivity index (χ1v) is 9.86. The number of nitro groups is 1. The molecule has 0 saturated carbocycles. The van der Waals surface area contributed by atoms with E-state index in [1.165, 1.54) is 24.3 Å². The van der Waals surface area contributed by atoms with E-state index in [1.807, 2.05) is 0 Å². The molecular formula is C20H22N2O7S. The molecule has 0 atom stereocenters. The predicted molar refractivity (Wildman–Crippen MR) is 111 cm³/mol. The molecular weight excluding hydrogens is 412 g/mol. The second kappa shape index (κ2) is 9.04. The molecule has 0 saturated heterocycles. The van der Waals surface area contributed by atoms with Gasteiger partial charge in [0.1, 0.15) is 21.0 Å². The summed E-state index contributed by atoms with van der Waals surface area (Å²) in [6, 6.07) is 5.43. The number of rotatable bonds is 6. The van der Waals surface area contributed by atoms with Crippen LogP contribution in [0.3, 0.4) is 0 Å². The molecule has 0 unspecified atom stereocenters. The Balaban J connectivity index is 2.49. The number of amides is 1. The standard InChI is InChI=1S/C20H22N2O7S/c1-6-28-18(24)14-11(2)15(19(25)29-20(3,4)5)30-17(14)21-16(23)12-9-7-8-10-13(12)22(26)27/h7-10H,6H2,1-5H3,(H,21,23). The van der Waals surface area contributed by atoms with Gasteiger partial charge in [-0.3, -0.25) is 14.9 Å². The molecule has 160 valence electrons. The fourth-order valence-corrected chi connectivity index (χ4v) is 3.63. The normalized spacial score (nSPS) is 11.0. The zero-order valence-electron chi connectivity index (χ0n) is 17.2. The van der Waals surface area contributed by atoms with Crippen LogP contribution in [0.15, 0.2) is 24.3 Å². The Kier molecular flexibility index (Phi) is 6.93. The maximum atomic E-state index is 12.7. The summed E-state index contributed by atoms with van der Waals surface area (Å²) in [4.78, 5) is 48.4. The van der Waals surface area contributed by atoms with Gasteiger partial charge in [0, 0.05) is 6.07 Å². The van der Waals surface area contributed by atoms with Crippen molar-refractivity contribution < 1.29 is 28.8 Å². The Labute approximate surface area is 177 Å². The molecule has 2 aromatic rings. The average Bonchev–Trinajstić information content (AvgIpc) is 2.96. The van der Waals surface area contributed by atoms with Gasteiger partial charge in [-0.1, -0.05) is 12.1 Å². The molecule has 1 N–H and O–H groups in total. The zero-order valence-corrected chi connectivity index (χ0v) is 18.0. The topological polar surface area (TPSA) is 125 Å². The number of esters is 2. The second-order valence-corrected chi connectivity index (χ2v) is 8.23. The molecule has 0 bridgehead atoms. The molecule has 30 heavy (non-hydrogen) atoms. The SMILES string of the molecule is CCOC(=O)c1c(NC(=O)c2ccccc2[N+](=O)[O-])sc(C(=O)OC(C)(C)C)c1C. The number of hydrogen-bond acceptors (Lipinski definition) is 8. The number of carbonyl (C=O) groups is 3. The summed E-state index contributed by atoms with van der Waals surface area (Å²) in [7, 11) is 0. The highest BCUT2D eigenvalue weighted by atomic mass is 32.1. The molecule has 1 amide bonds. The van der Waals surface area contributed by atoms with Gasteiger partial charge in [-0.2, -0.15) is 0 Å². The maximum Gasteiger partial charge on any atom is 0.349 e.